The molecule has 2 heterocycles. The number of carbonyl (C=O) groups excluding carboxylic acids is 1. The summed E-state index contributed by atoms with van der Waals surface area (Å²) in [6.45, 7) is 3.52. The van der Waals surface area contributed by atoms with Gasteiger partial charge in [-0.15, -0.1) is 11.3 Å². The summed E-state index contributed by atoms with van der Waals surface area (Å²) in [7, 11) is 1.56. The maximum Gasteiger partial charge on any atom is 0.340 e. The second kappa shape index (κ2) is 5.63. The normalized spacial score (nSPS) is 10.6. The highest BCUT2D eigenvalue weighted by Crippen LogP contribution is 2.32. The highest BCUT2D eigenvalue weighted by Gasteiger charge is 2.25. The van der Waals surface area contributed by atoms with Gasteiger partial charge in [-0.25, -0.2) is 4.79 Å². The third kappa shape index (κ3) is 2.63. The van der Waals surface area contributed by atoms with Crippen molar-refractivity contribution in [3.05, 3.63) is 31.6 Å². The van der Waals surface area contributed by atoms with E-state index in [9.17, 15) is 14.7 Å². The van der Waals surface area contributed by atoms with E-state index in [0.717, 1.165) is 20.9 Å². The first kappa shape index (κ1) is 15.1. The number of rotatable bonds is 3. The molecule has 2 aromatic heterocycles. The predicted octanol–water partition coefficient (Wildman–Crippen LogP) is 3.56. The van der Waals surface area contributed by atoms with E-state index < -0.39 is 5.97 Å². The van der Waals surface area contributed by atoms with Crippen LogP contribution in [0.5, 0.6) is 0 Å². The van der Waals surface area contributed by atoms with E-state index in [2.05, 4.69) is 20.3 Å². The van der Waals surface area contributed by atoms with Gasteiger partial charge in [-0.1, -0.05) is 0 Å². The van der Waals surface area contributed by atoms with Gasteiger partial charge in [-0.2, -0.15) is 4.37 Å². The molecule has 0 saturated carbocycles. The first-order valence-electron chi connectivity index (χ1n) is 5.56. The number of aromatic nitrogens is 1. The summed E-state index contributed by atoms with van der Waals surface area (Å²) < 4.78 is 4.92. The quantitative estimate of drug-likeness (QED) is 0.891. The Morgan fingerprint density at radius 2 is 2.05 bits per heavy atom. The molecule has 106 valence electrons. The number of carbonyl (C=O) groups is 2. The lowest BCUT2D eigenvalue weighted by molar-refractivity contribution is 0.0697. The summed E-state index contributed by atoms with van der Waals surface area (Å²) in [5.74, 6) is -1.32. The largest absolute Gasteiger partial charge is 0.478 e. The van der Waals surface area contributed by atoms with Gasteiger partial charge < -0.3 is 10.0 Å². The Labute approximate surface area is 132 Å². The number of carboxylic acids is 1. The number of halogens is 1. The molecule has 0 aromatic carbocycles. The Morgan fingerprint density at radius 1 is 1.40 bits per heavy atom. The zero-order chi connectivity index (χ0) is 15.0. The van der Waals surface area contributed by atoms with Crippen LogP contribution in [0.3, 0.4) is 0 Å². The molecule has 8 heteroatoms. The van der Waals surface area contributed by atoms with E-state index in [-0.39, 0.29) is 11.5 Å². The molecule has 0 bridgehead atoms. The first-order valence-corrected chi connectivity index (χ1v) is 7.94. The molecular formula is C12H11BrN2O3S2. The molecule has 0 fully saturated rings. The van der Waals surface area contributed by atoms with Gasteiger partial charge in [-0.3, -0.25) is 4.79 Å². The van der Waals surface area contributed by atoms with Crippen LogP contribution >= 0.6 is 38.8 Å². The van der Waals surface area contributed by atoms with Crippen molar-refractivity contribution < 1.29 is 14.7 Å². The van der Waals surface area contributed by atoms with Crippen molar-refractivity contribution in [3.63, 3.8) is 0 Å². The molecule has 0 spiro atoms. The second-order valence-electron chi connectivity index (χ2n) is 4.18. The molecule has 0 saturated heterocycles. The fourth-order valence-corrected chi connectivity index (χ4v) is 4.01. The zero-order valence-corrected chi connectivity index (χ0v) is 14.1. The van der Waals surface area contributed by atoms with Gasteiger partial charge in [0.1, 0.15) is 10.6 Å². The minimum Gasteiger partial charge on any atom is -0.478 e. The molecule has 20 heavy (non-hydrogen) atoms. The van der Waals surface area contributed by atoms with Crippen LogP contribution in [0.2, 0.25) is 0 Å². The maximum atomic E-state index is 12.4. The van der Waals surface area contributed by atoms with Gasteiger partial charge in [0.2, 0.25) is 0 Å². The third-order valence-electron chi connectivity index (χ3n) is 2.74. The number of thiophene rings is 1. The van der Waals surface area contributed by atoms with E-state index in [1.54, 1.807) is 20.0 Å². The van der Waals surface area contributed by atoms with Crippen molar-refractivity contribution in [1.29, 1.82) is 0 Å². The SMILES string of the molecule is Cc1cc(C(=O)N(C)c2snc(C)c2C(=O)O)sc1Br. The molecule has 1 N–H and O–H groups in total. The van der Waals surface area contributed by atoms with E-state index >= 15 is 0 Å². The van der Waals surface area contributed by atoms with Crippen molar-refractivity contribution in [2.24, 2.45) is 0 Å². The van der Waals surface area contributed by atoms with Gasteiger partial charge in [0, 0.05) is 7.05 Å². The number of nitrogens with zero attached hydrogens (tertiary/aromatic N) is 2. The first-order chi connectivity index (χ1) is 9.32. The van der Waals surface area contributed by atoms with Gasteiger partial charge >= 0.3 is 5.97 Å². The van der Waals surface area contributed by atoms with Crippen LogP contribution in [0.4, 0.5) is 5.00 Å². The smallest absolute Gasteiger partial charge is 0.340 e. The van der Waals surface area contributed by atoms with Crippen molar-refractivity contribution in [3.8, 4) is 0 Å². The summed E-state index contributed by atoms with van der Waals surface area (Å²) in [6, 6.07) is 1.78. The van der Waals surface area contributed by atoms with Crippen LogP contribution in [0.15, 0.2) is 9.85 Å². The molecule has 0 radical (unpaired) electrons. The summed E-state index contributed by atoms with van der Waals surface area (Å²) in [6.07, 6.45) is 0. The van der Waals surface area contributed by atoms with Crippen molar-refractivity contribution >= 4 is 55.7 Å². The number of amides is 1. The van der Waals surface area contributed by atoms with E-state index in [1.165, 1.54) is 16.2 Å². The van der Waals surface area contributed by atoms with Gasteiger partial charge in [0.05, 0.1) is 14.4 Å². The van der Waals surface area contributed by atoms with Crippen molar-refractivity contribution in [2.75, 3.05) is 11.9 Å². The summed E-state index contributed by atoms with van der Waals surface area (Å²) >= 11 is 5.72. The lowest BCUT2D eigenvalue weighted by Gasteiger charge is -2.14. The van der Waals surface area contributed by atoms with Gasteiger partial charge in [0.15, 0.2) is 0 Å². The van der Waals surface area contributed by atoms with Crippen LogP contribution in [0.1, 0.15) is 31.3 Å². The van der Waals surface area contributed by atoms with Crippen LogP contribution < -0.4 is 4.90 Å². The number of hydrogen-bond donors (Lipinski definition) is 1. The lowest BCUT2D eigenvalue weighted by Crippen LogP contribution is -2.26. The Hall–Kier alpha value is -1.25. The molecular weight excluding hydrogens is 364 g/mol. The molecule has 0 unspecified atom stereocenters. The van der Waals surface area contributed by atoms with E-state index in [0.29, 0.717) is 15.6 Å². The van der Waals surface area contributed by atoms with Crippen LogP contribution in [-0.4, -0.2) is 28.4 Å². The second-order valence-corrected chi connectivity index (χ2v) is 7.31. The molecule has 2 rings (SSSR count). The molecule has 5 nitrogen and oxygen atoms in total. The number of aryl methyl sites for hydroxylation is 2. The van der Waals surface area contributed by atoms with Crippen LogP contribution in [0, 0.1) is 13.8 Å². The molecule has 0 aliphatic carbocycles. The summed E-state index contributed by atoms with van der Waals surface area (Å²) in [4.78, 5) is 25.5. The monoisotopic (exact) mass is 374 g/mol. The highest BCUT2D eigenvalue weighted by atomic mass is 79.9. The van der Waals surface area contributed by atoms with Crippen molar-refractivity contribution in [1.82, 2.24) is 4.37 Å². The van der Waals surface area contributed by atoms with Crippen LogP contribution in [-0.2, 0) is 0 Å². The molecule has 1 amide bonds. The fraction of sp³-hybridized carbons (Fsp3) is 0.250. The van der Waals surface area contributed by atoms with Crippen molar-refractivity contribution in [2.45, 2.75) is 13.8 Å². The Morgan fingerprint density at radius 3 is 2.55 bits per heavy atom. The minimum atomic E-state index is -1.07. The Kier molecular flexibility index (Phi) is 4.26. The number of hydrogen-bond acceptors (Lipinski definition) is 5. The number of aromatic carboxylic acids is 1. The average molecular weight is 375 g/mol. The number of carboxylic acid groups (broad SMARTS) is 1. The standard InChI is InChI=1S/C12H11BrN2O3S2/c1-5-4-7(19-9(5)13)10(16)15(3)11-8(12(17)18)6(2)14-20-11/h4H,1-3H3,(H,17,18). The Balaban J connectivity index is 2.39. The van der Waals surface area contributed by atoms with Gasteiger partial charge in [0.25, 0.3) is 5.91 Å². The molecule has 0 atom stereocenters. The summed E-state index contributed by atoms with van der Waals surface area (Å²) in [5.41, 5.74) is 1.48. The van der Waals surface area contributed by atoms with E-state index in [1.807, 2.05) is 6.92 Å². The predicted molar refractivity (Wildman–Crippen MR) is 83.3 cm³/mol. The molecule has 2 aromatic rings. The average Bonchev–Trinajstić information content (AvgIpc) is 2.92. The topological polar surface area (TPSA) is 70.5 Å². The fourth-order valence-electron chi connectivity index (χ4n) is 1.66. The molecule has 0 aliphatic rings. The molecule has 0 aliphatic heterocycles. The van der Waals surface area contributed by atoms with E-state index in [4.69, 9.17) is 0 Å². The van der Waals surface area contributed by atoms with Gasteiger partial charge in [-0.05, 0) is 52.9 Å². The lowest BCUT2D eigenvalue weighted by atomic mass is 10.2. The van der Waals surface area contributed by atoms with Crippen LogP contribution in [0.25, 0.3) is 0 Å². The Bertz CT molecular complexity index is 673. The third-order valence-corrected chi connectivity index (χ3v) is 5.88. The minimum absolute atomic E-state index is 0.0817. The maximum absolute atomic E-state index is 12.4. The summed E-state index contributed by atoms with van der Waals surface area (Å²) in [5, 5.41) is 9.56. The number of anilines is 1. The zero-order valence-electron chi connectivity index (χ0n) is 10.9. The highest BCUT2D eigenvalue weighted by molar-refractivity contribution is 9.11.